The topological polar surface area (TPSA) is 80.5 Å². The molecule has 0 unspecified atom stereocenters. The molecule has 6 nitrogen and oxygen atoms in total. The summed E-state index contributed by atoms with van der Waals surface area (Å²) in [4.78, 5) is 18.9. The Kier molecular flexibility index (Phi) is 5.03. The van der Waals surface area contributed by atoms with Crippen molar-refractivity contribution in [2.45, 2.75) is 20.8 Å². The summed E-state index contributed by atoms with van der Waals surface area (Å²) in [6.45, 7) is 8.65. The van der Waals surface area contributed by atoms with Gasteiger partial charge in [-0.05, 0) is 26.0 Å². The van der Waals surface area contributed by atoms with Gasteiger partial charge in [-0.2, -0.15) is 0 Å². The lowest BCUT2D eigenvalue weighted by Crippen LogP contribution is -2.73. The minimum Gasteiger partial charge on any atom is -0.506 e. The van der Waals surface area contributed by atoms with E-state index in [1.54, 1.807) is 19.2 Å². The van der Waals surface area contributed by atoms with E-state index in [0.29, 0.717) is 5.69 Å². The highest BCUT2D eigenvalue weighted by Gasteiger charge is 2.53. The number of amidine groups is 1. The molecule has 2 N–H and O–H groups in total. The van der Waals surface area contributed by atoms with Gasteiger partial charge in [0.15, 0.2) is 5.84 Å². The van der Waals surface area contributed by atoms with E-state index in [1.165, 1.54) is 6.07 Å². The van der Waals surface area contributed by atoms with Crippen LogP contribution in [0.25, 0.3) is 0 Å². The van der Waals surface area contributed by atoms with Crippen molar-refractivity contribution in [3.8, 4) is 5.75 Å². The van der Waals surface area contributed by atoms with E-state index in [2.05, 4.69) is 4.98 Å². The lowest BCUT2D eigenvalue weighted by Gasteiger charge is -2.60. The molecule has 2 saturated heterocycles. The highest BCUT2D eigenvalue weighted by atomic mass is 16.3. The van der Waals surface area contributed by atoms with Crippen molar-refractivity contribution in [2.75, 3.05) is 26.2 Å². The quantitative estimate of drug-likeness (QED) is 0.471. The maximum Gasteiger partial charge on any atom is 0.219 e. The van der Waals surface area contributed by atoms with Gasteiger partial charge in [-0.25, -0.2) is 4.98 Å². The van der Waals surface area contributed by atoms with Gasteiger partial charge in [0.25, 0.3) is 0 Å². The highest BCUT2D eigenvalue weighted by molar-refractivity contribution is 5.97. The maximum absolute atomic E-state index is 11.2. The number of nitrogens with zero attached hydrogens (tertiary/aromatic N) is 3. The third-order valence-electron chi connectivity index (χ3n) is 4.21. The first-order valence-electron chi connectivity index (χ1n) is 7.73. The Bertz CT molecular complexity index is 609. The van der Waals surface area contributed by atoms with Crippen molar-refractivity contribution in [2.24, 2.45) is 5.41 Å². The number of amides is 1. The summed E-state index contributed by atoms with van der Waals surface area (Å²) in [6, 6.07) is 3.17. The molecule has 1 aromatic rings. The average Bonchev–Trinajstić information content (AvgIpc) is 2.44. The van der Waals surface area contributed by atoms with Crippen LogP contribution in [0.5, 0.6) is 5.75 Å². The molecule has 2 aliphatic rings. The molecule has 0 aliphatic carbocycles. The van der Waals surface area contributed by atoms with E-state index in [4.69, 9.17) is 5.41 Å². The summed E-state index contributed by atoms with van der Waals surface area (Å²) in [6.07, 6.45) is 5.57. The van der Waals surface area contributed by atoms with Gasteiger partial charge in [-0.1, -0.05) is 12.2 Å². The third kappa shape index (κ3) is 3.52. The summed E-state index contributed by atoms with van der Waals surface area (Å²) >= 11 is 0. The fourth-order valence-corrected chi connectivity index (χ4v) is 2.84. The standard InChI is InChI=1S/C13H16N4O2.C4H8/c1-9(18)16-5-13(6-16)7-17(8-13)12(14)11-10(19)3-2-4-15-11;1-3-4-2/h2-4,14,19H,5-8H2,1H3;3-4H,1-2H3/b;4-3-. The summed E-state index contributed by atoms with van der Waals surface area (Å²) in [5.41, 5.74) is 0.475. The zero-order valence-corrected chi connectivity index (χ0v) is 13.9. The molecule has 3 heterocycles. The van der Waals surface area contributed by atoms with Crippen LogP contribution in [0.3, 0.4) is 0 Å². The van der Waals surface area contributed by atoms with E-state index in [9.17, 15) is 9.90 Å². The summed E-state index contributed by atoms with van der Waals surface area (Å²) in [7, 11) is 0. The van der Waals surface area contributed by atoms with E-state index in [-0.39, 0.29) is 22.9 Å². The SMILES string of the molecule is C/C=C\C.CC(=O)N1CC2(CN(C(=N)c3ncccc3O)C2)C1. The van der Waals surface area contributed by atoms with E-state index < -0.39 is 0 Å². The highest BCUT2D eigenvalue weighted by Crippen LogP contribution is 2.40. The second kappa shape index (κ2) is 6.81. The van der Waals surface area contributed by atoms with Gasteiger partial charge in [0.1, 0.15) is 11.4 Å². The molecule has 1 spiro atoms. The molecule has 23 heavy (non-hydrogen) atoms. The fraction of sp³-hybridized carbons (Fsp3) is 0.471. The third-order valence-corrected chi connectivity index (χ3v) is 4.21. The Hall–Kier alpha value is -2.37. The van der Waals surface area contributed by atoms with Gasteiger partial charge in [-0.3, -0.25) is 10.2 Å². The van der Waals surface area contributed by atoms with Crippen molar-refractivity contribution >= 4 is 11.7 Å². The molecular formula is C17H24N4O2. The first-order chi connectivity index (χ1) is 10.9. The van der Waals surface area contributed by atoms with Crippen molar-refractivity contribution in [1.29, 1.82) is 5.41 Å². The van der Waals surface area contributed by atoms with Crippen molar-refractivity contribution in [3.63, 3.8) is 0 Å². The second-order valence-corrected chi connectivity index (χ2v) is 6.12. The molecule has 124 valence electrons. The number of rotatable bonds is 1. The van der Waals surface area contributed by atoms with Crippen LogP contribution >= 0.6 is 0 Å². The van der Waals surface area contributed by atoms with Gasteiger partial charge in [0.05, 0.1) is 0 Å². The number of aromatic hydroxyl groups is 1. The van der Waals surface area contributed by atoms with E-state index >= 15 is 0 Å². The lowest BCUT2D eigenvalue weighted by molar-refractivity contribution is -0.150. The first-order valence-corrected chi connectivity index (χ1v) is 7.73. The minimum atomic E-state index is 0.0346. The number of hydrogen-bond acceptors (Lipinski definition) is 4. The number of pyridine rings is 1. The molecule has 3 rings (SSSR count). The van der Waals surface area contributed by atoms with Crippen LogP contribution in [0.1, 0.15) is 26.5 Å². The molecule has 2 fully saturated rings. The molecule has 0 atom stereocenters. The number of allylic oxidation sites excluding steroid dienone is 2. The number of carbonyl (C=O) groups excluding carboxylic acids is 1. The zero-order valence-electron chi connectivity index (χ0n) is 13.9. The Balaban J connectivity index is 0.000000433. The van der Waals surface area contributed by atoms with Crippen LogP contribution in [0, 0.1) is 10.8 Å². The number of nitrogens with one attached hydrogen (secondary N) is 1. The normalized spacial score (nSPS) is 18.0. The first kappa shape index (κ1) is 17.0. The maximum atomic E-state index is 11.2. The van der Waals surface area contributed by atoms with Crippen LogP contribution < -0.4 is 0 Å². The Labute approximate surface area is 136 Å². The van der Waals surface area contributed by atoms with Crippen LogP contribution in [-0.2, 0) is 4.79 Å². The summed E-state index contributed by atoms with van der Waals surface area (Å²) in [5, 5.41) is 17.7. The van der Waals surface area contributed by atoms with Crippen LogP contribution in [0.4, 0.5) is 0 Å². The van der Waals surface area contributed by atoms with Crippen LogP contribution in [0.15, 0.2) is 30.5 Å². The molecule has 1 amide bonds. The van der Waals surface area contributed by atoms with Gasteiger partial charge in [0.2, 0.25) is 5.91 Å². The molecule has 1 aromatic heterocycles. The Morgan fingerprint density at radius 3 is 2.30 bits per heavy atom. The molecule has 0 bridgehead atoms. The Morgan fingerprint density at radius 2 is 1.83 bits per heavy atom. The van der Waals surface area contributed by atoms with Gasteiger partial charge in [0, 0.05) is 44.7 Å². The van der Waals surface area contributed by atoms with Gasteiger partial charge < -0.3 is 14.9 Å². The molecule has 6 heteroatoms. The summed E-state index contributed by atoms with van der Waals surface area (Å²) < 4.78 is 0. The smallest absolute Gasteiger partial charge is 0.219 e. The van der Waals surface area contributed by atoms with Gasteiger partial charge >= 0.3 is 0 Å². The van der Waals surface area contributed by atoms with Crippen molar-refractivity contribution in [1.82, 2.24) is 14.8 Å². The number of aromatic nitrogens is 1. The number of carbonyl (C=O) groups is 1. The van der Waals surface area contributed by atoms with Crippen LogP contribution in [-0.4, -0.2) is 57.8 Å². The predicted octanol–water partition coefficient (Wildman–Crippen LogP) is 1.86. The molecule has 2 aliphatic heterocycles. The fourth-order valence-electron chi connectivity index (χ4n) is 2.84. The molecular weight excluding hydrogens is 292 g/mol. The number of likely N-dealkylation sites (tertiary alicyclic amines) is 2. The molecule has 0 saturated carbocycles. The van der Waals surface area contributed by atoms with Crippen molar-refractivity contribution < 1.29 is 9.90 Å². The number of hydrogen-bond donors (Lipinski definition) is 2. The molecule has 0 aromatic carbocycles. The largest absolute Gasteiger partial charge is 0.506 e. The minimum absolute atomic E-state index is 0.0346. The zero-order chi connectivity index (χ0) is 17.0. The van der Waals surface area contributed by atoms with Gasteiger partial charge in [-0.15, -0.1) is 0 Å². The van der Waals surface area contributed by atoms with Crippen LogP contribution in [0.2, 0.25) is 0 Å². The van der Waals surface area contributed by atoms with E-state index in [1.807, 2.05) is 35.8 Å². The predicted molar refractivity (Wildman–Crippen MR) is 89.5 cm³/mol. The van der Waals surface area contributed by atoms with Crippen molar-refractivity contribution in [3.05, 3.63) is 36.2 Å². The Morgan fingerprint density at radius 1 is 1.26 bits per heavy atom. The van der Waals surface area contributed by atoms with E-state index in [0.717, 1.165) is 26.2 Å². The average molecular weight is 316 g/mol. The second-order valence-electron chi connectivity index (χ2n) is 6.12. The summed E-state index contributed by atoms with van der Waals surface area (Å²) in [5.74, 6) is 0.402. The monoisotopic (exact) mass is 316 g/mol. The lowest BCUT2D eigenvalue weighted by atomic mass is 9.72. The molecule has 0 radical (unpaired) electrons.